The Kier molecular flexibility index (Phi) is 7.02. The molecule has 0 spiro atoms. The fourth-order valence-corrected chi connectivity index (χ4v) is 2.32. The van der Waals surface area contributed by atoms with Crippen LogP contribution in [0.3, 0.4) is 0 Å². The summed E-state index contributed by atoms with van der Waals surface area (Å²) in [5.74, 6) is 0.169. The summed E-state index contributed by atoms with van der Waals surface area (Å²) in [6.07, 6.45) is -0.388. The second-order valence-electron chi connectivity index (χ2n) is 5.28. The summed E-state index contributed by atoms with van der Waals surface area (Å²) in [7, 11) is 0. The van der Waals surface area contributed by atoms with E-state index in [1.807, 2.05) is 0 Å². The number of alkyl halides is 3. The van der Waals surface area contributed by atoms with E-state index in [-0.39, 0.29) is 5.75 Å². The van der Waals surface area contributed by atoms with Crippen LogP contribution >= 0.6 is 0 Å². The molecule has 5 heteroatoms. The molecule has 0 aliphatic rings. The van der Waals surface area contributed by atoms with Gasteiger partial charge in [0, 0.05) is 0 Å². The highest BCUT2D eigenvalue weighted by atomic mass is 19.4. The maximum absolute atomic E-state index is 12.1. The molecule has 0 amide bonds. The van der Waals surface area contributed by atoms with E-state index in [1.165, 1.54) is 24.3 Å². The fraction of sp³-hybridized carbons (Fsp3) is 0.625. The van der Waals surface area contributed by atoms with Crippen LogP contribution in [0.2, 0.25) is 0 Å². The number of ether oxygens (including phenoxy) is 1. The van der Waals surface area contributed by atoms with Crippen molar-refractivity contribution in [3.8, 4) is 5.75 Å². The zero-order valence-electron chi connectivity index (χ0n) is 12.5. The van der Waals surface area contributed by atoms with Gasteiger partial charge in [0.1, 0.15) is 5.75 Å². The second kappa shape index (κ2) is 8.27. The normalized spacial score (nSPS) is 14.8. The van der Waals surface area contributed by atoms with Gasteiger partial charge in [-0.05, 0) is 30.0 Å². The first kappa shape index (κ1) is 17.8. The predicted molar refractivity (Wildman–Crippen MR) is 76.0 cm³/mol. The monoisotopic (exact) mass is 304 g/mol. The molecule has 0 radical (unpaired) electrons. The molecule has 120 valence electrons. The van der Waals surface area contributed by atoms with E-state index in [0.717, 1.165) is 25.7 Å². The highest BCUT2D eigenvalue weighted by Crippen LogP contribution is 2.29. The van der Waals surface area contributed by atoms with Gasteiger partial charge in [0.25, 0.3) is 0 Å². The lowest BCUT2D eigenvalue weighted by Gasteiger charge is -2.19. The molecule has 0 fully saturated rings. The van der Waals surface area contributed by atoms with E-state index < -0.39 is 12.5 Å². The number of aliphatic hydroxyl groups is 1. The molecule has 2 nitrogen and oxygen atoms in total. The minimum Gasteiger partial charge on any atom is -0.406 e. The average molecular weight is 304 g/mol. The van der Waals surface area contributed by atoms with Crippen LogP contribution in [0, 0.1) is 5.92 Å². The van der Waals surface area contributed by atoms with Crippen molar-refractivity contribution in [3.63, 3.8) is 0 Å². The molecular weight excluding hydrogens is 281 g/mol. The maximum Gasteiger partial charge on any atom is 0.573 e. The van der Waals surface area contributed by atoms with Crippen molar-refractivity contribution in [3.05, 3.63) is 29.8 Å². The molecule has 0 saturated carbocycles. The highest BCUT2D eigenvalue weighted by Gasteiger charge is 2.31. The Bertz CT molecular complexity index is 401. The number of halogens is 3. The average Bonchev–Trinajstić information content (AvgIpc) is 2.42. The van der Waals surface area contributed by atoms with Crippen molar-refractivity contribution in [2.45, 2.75) is 58.4 Å². The van der Waals surface area contributed by atoms with E-state index >= 15 is 0 Å². The minimum absolute atomic E-state index is 0.267. The van der Waals surface area contributed by atoms with E-state index in [2.05, 4.69) is 18.6 Å². The Morgan fingerprint density at radius 3 is 2.24 bits per heavy atom. The quantitative estimate of drug-likeness (QED) is 0.713. The number of hydrogen-bond acceptors (Lipinski definition) is 2. The Labute approximate surface area is 123 Å². The van der Waals surface area contributed by atoms with Crippen LogP contribution in [0.1, 0.15) is 57.6 Å². The third-order valence-corrected chi connectivity index (χ3v) is 3.60. The van der Waals surface area contributed by atoms with Gasteiger partial charge in [0.15, 0.2) is 0 Å². The third kappa shape index (κ3) is 6.85. The van der Waals surface area contributed by atoms with Gasteiger partial charge < -0.3 is 9.84 Å². The summed E-state index contributed by atoms with van der Waals surface area (Å²) < 4.78 is 40.0. The molecule has 1 aromatic rings. The molecule has 2 unspecified atom stereocenters. The maximum atomic E-state index is 12.1. The van der Waals surface area contributed by atoms with E-state index in [4.69, 9.17) is 0 Å². The summed E-state index contributed by atoms with van der Waals surface area (Å²) in [6, 6.07) is 5.44. The number of rotatable bonds is 8. The van der Waals surface area contributed by atoms with Crippen molar-refractivity contribution in [1.29, 1.82) is 0 Å². The Morgan fingerprint density at radius 1 is 1.14 bits per heavy atom. The molecule has 0 aliphatic heterocycles. The van der Waals surface area contributed by atoms with E-state index in [9.17, 15) is 18.3 Å². The van der Waals surface area contributed by atoms with Crippen molar-refractivity contribution < 1.29 is 23.0 Å². The zero-order chi connectivity index (χ0) is 15.9. The summed E-state index contributed by atoms with van der Waals surface area (Å²) in [5.41, 5.74) is 0.625. The van der Waals surface area contributed by atoms with E-state index in [0.29, 0.717) is 17.9 Å². The first-order valence-electron chi connectivity index (χ1n) is 7.39. The molecule has 1 N–H and O–H groups in total. The van der Waals surface area contributed by atoms with Crippen LogP contribution in [0.15, 0.2) is 24.3 Å². The van der Waals surface area contributed by atoms with Gasteiger partial charge in [-0.15, -0.1) is 13.2 Å². The van der Waals surface area contributed by atoms with Crippen LogP contribution in [0.25, 0.3) is 0 Å². The lowest BCUT2D eigenvalue weighted by molar-refractivity contribution is -0.274. The summed E-state index contributed by atoms with van der Waals surface area (Å²) in [6.45, 7) is 4.22. The van der Waals surface area contributed by atoms with Gasteiger partial charge in [-0.1, -0.05) is 51.7 Å². The highest BCUT2D eigenvalue weighted by molar-refractivity contribution is 5.28. The van der Waals surface area contributed by atoms with Crippen LogP contribution in [-0.4, -0.2) is 11.5 Å². The molecule has 1 aromatic carbocycles. The van der Waals surface area contributed by atoms with E-state index in [1.54, 1.807) is 0 Å². The summed E-state index contributed by atoms with van der Waals surface area (Å²) >= 11 is 0. The van der Waals surface area contributed by atoms with Crippen molar-refractivity contribution in [2.24, 2.45) is 5.92 Å². The first-order chi connectivity index (χ1) is 9.85. The van der Waals surface area contributed by atoms with Gasteiger partial charge >= 0.3 is 6.36 Å². The van der Waals surface area contributed by atoms with Crippen LogP contribution < -0.4 is 4.74 Å². The molecule has 0 aromatic heterocycles. The van der Waals surface area contributed by atoms with Gasteiger partial charge in [0.2, 0.25) is 0 Å². The standard InChI is InChI=1S/C16H23F3O2/c1-3-5-6-12(4-2)11-15(20)13-7-9-14(10-8-13)21-16(17,18)19/h7-10,12,15,20H,3-6,11H2,1-2H3. The molecule has 1 rings (SSSR count). The first-order valence-corrected chi connectivity index (χ1v) is 7.39. The van der Waals surface area contributed by atoms with Gasteiger partial charge in [-0.2, -0.15) is 0 Å². The Hall–Kier alpha value is -1.23. The molecule has 0 heterocycles. The molecule has 2 atom stereocenters. The Balaban J connectivity index is 2.59. The minimum atomic E-state index is -4.69. The molecule has 0 aliphatic carbocycles. The molecular formula is C16H23F3O2. The van der Waals surface area contributed by atoms with Gasteiger partial charge in [-0.3, -0.25) is 0 Å². The molecule has 0 saturated heterocycles. The van der Waals surface area contributed by atoms with Crippen LogP contribution in [0.5, 0.6) is 5.75 Å². The number of unbranched alkanes of at least 4 members (excludes halogenated alkanes) is 1. The summed E-state index contributed by atoms with van der Waals surface area (Å²) in [5, 5.41) is 10.2. The van der Waals surface area contributed by atoms with Crippen LogP contribution in [0.4, 0.5) is 13.2 Å². The number of aliphatic hydroxyl groups excluding tert-OH is 1. The van der Waals surface area contributed by atoms with Crippen molar-refractivity contribution in [2.75, 3.05) is 0 Å². The van der Waals surface area contributed by atoms with Gasteiger partial charge in [0.05, 0.1) is 6.10 Å². The fourth-order valence-electron chi connectivity index (χ4n) is 2.32. The SMILES string of the molecule is CCCCC(CC)CC(O)c1ccc(OC(F)(F)F)cc1. The third-order valence-electron chi connectivity index (χ3n) is 3.60. The topological polar surface area (TPSA) is 29.5 Å². The smallest absolute Gasteiger partial charge is 0.406 e. The van der Waals surface area contributed by atoms with Gasteiger partial charge in [-0.25, -0.2) is 0 Å². The lowest BCUT2D eigenvalue weighted by Crippen LogP contribution is -2.17. The van der Waals surface area contributed by atoms with Crippen LogP contribution in [-0.2, 0) is 0 Å². The number of hydrogen-bond donors (Lipinski definition) is 1. The molecule has 21 heavy (non-hydrogen) atoms. The zero-order valence-corrected chi connectivity index (χ0v) is 12.5. The van der Waals surface area contributed by atoms with Crippen molar-refractivity contribution >= 4 is 0 Å². The largest absolute Gasteiger partial charge is 0.573 e. The lowest BCUT2D eigenvalue weighted by atomic mass is 9.91. The Morgan fingerprint density at radius 2 is 1.76 bits per heavy atom. The molecule has 0 bridgehead atoms. The number of benzene rings is 1. The summed E-state index contributed by atoms with van der Waals surface area (Å²) in [4.78, 5) is 0. The second-order valence-corrected chi connectivity index (χ2v) is 5.28. The van der Waals surface area contributed by atoms with Crippen molar-refractivity contribution in [1.82, 2.24) is 0 Å². The predicted octanol–water partition coefficient (Wildman–Crippen LogP) is 5.23.